The topological polar surface area (TPSA) is 104 Å². The molecule has 8 nitrogen and oxygen atoms in total. The summed E-state index contributed by atoms with van der Waals surface area (Å²) in [4.78, 5) is 12.4. The molecule has 0 radical (unpaired) electrons. The van der Waals surface area contributed by atoms with Crippen molar-refractivity contribution in [2.75, 3.05) is 11.2 Å². The lowest BCUT2D eigenvalue weighted by atomic mass is 10.3. The Morgan fingerprint density at radius 3 is 2.65 bits per heavy atom. The summed E-state index contributed by atoms with van der Waals surface area (Å²) in [5.74, 6) is 7.14. The largest absolute Gasteiger partial charge is 0.336 e. The first-order valence-corrected chi connectivity index (χ1v) is 8.44. The van der Waals surface area contributed by atoms with Crippen LogP contribution < -0.4 is 11.2 Å². The van der Waals surface area contributed by atoms with Crippen molar-refractivity contribution in [1.82, 2.24) is 24.7 Å². The first-order valence-electron chi connectivity index (χ1n) is 7.56. The van der Waals surface area contributed by atoms with Gasteiger partial charge in [-0.1, -0.05) is 11.8 Å². The van der Waals surface area contributed by atoms with Crippen LogP contribution in [0.2, 0.25) is 0 Å². The summed E-state index contributed by atoms with van der Waals surface area (Å²) in [6, 6.07) is 0. The number of aryl methyl sites for hydroxylation is 2. The van der Waals surface area contributed by atoms with Crippen LogP contribution in [0, 0.1) is 13.8 Å². The lowest BCUT2D eigenvalue weighted by molar-refractivity contribution is -0.115. The fraction of sp³-hybridized carbons (Fsp3) is 0.571. The minimum absolute atomic E-state index is 0.106. The van der Waals surface area contributed by atoms with Crippen LogP contribution in [0.25, 0.3) is 0 Å². The van der Waals surface area contributed by atoms with E-state index in [1.54, 1.807) is 4.68 Å². The first kappa shape index (κ1) is 15.9. The van der Waals surface area contributed by atoms with Crippen LogP contribution in [0.3, 0.4) is 0 Å². The SMILES string of the molecule is Cc1nn(C)c(C)c1NC(=O)[C@@H](C)Sc1nnc(C2CC2)n1N. The van der Waals surface area contributed by atoms with Gasteiger partial charge in [-0.3, -0.25) is 9.48 Å². The highest BCUT2D eigenvalue weighted by molar-refractivity contribution is 8.00. The minimum Gasteiger partial charge on any atom is -0.336 e. The maximum Gasteiger partial charge on any atom is 0.237 e. The molecular formula is C14H21N7OS. The highest BCUT2D eigenvalue weighted by atomic mass is 32.2. The van der Waals surface area contributed by atoms with Gasteiger partial charge in [0.05, 0.1) is 22.3 Å². The van der Waals surface area contributed by atoms with Gasteiger partial charge in [0, 0.05) is 13.0 Å². The summed E-state index contributed by atoms with van der Waals surface area (Å²) >= 11 is 1.31. The van der Waals surface area contributed by atoms with Crippen LogP contribution >= 0.6 is 11.8 Å². The molecule has 1 aliphatic carbocycles. The third-order valence-electron chi connectivity index (χ3n) is 4.04. The number of nitrogens with zero attached hydrogens (tertiary/aromatic N) is 5. The van der Waals surface area contributed by atoms with Crippen LogP contribution in [0.1, 0.15) is 42.9 Å². The Kier molecular flexibility index (Phi) is 4.05. The zero-order valence-electron chi connectivity index (χ0n) is 13.7. The van der Waals surface area contributed by atoms with Gasteiger partial charge in [-0.15, -0.1) is 10.2 Å². The van der Waals surface area contributed by atoms with Gasteiger partial charge in [0.1, 0.15) is 0 Å². The van der Waals surface area contributed by atoms with Gasteiger partial charge in [0.25, 0.3) is 0 Å². The Morgan fingerprint density at radius 2 is 2.09 bits per heavy atom. The molecule has 2 aromatic heterocycles. The van der Waals surface area contributed by atoms with Gasteiger partial charge >= 0.3 is 0 Å². The smallest absolute Gasteiger partial charge is 0.237 e. The second-order valence-corrected chi connectivity index (χ2v) is 7.21. The molecule has 1 amide bonds. The van der Waals surface area contributed by atoms with Crippen molar-refractivity contribution in [3.8, 4) is 0 Å². The quantitative estimate of drug-likeness (QED) is 0.631. The van der Waals surface area contributed by atoms with Crippen molar-refractivity contribution in [1.29, 1.82) is 0 Å². The fourth-order valence-electron chi connectivity index (χ4n) is 2.38. The second-order valence-electron chi connectivity index (χ2n) is 5.90. The van der Waals surface area contributed by atoms with Crippen molar-refractivity contribution in [2.45, 2.75) is 49.9 Å². The normalized spacial score (nSPS) is 15.7. The Balaban J connectivity index is 1.68. The number of hydrogen-bond acceptors (Lipinski definition) is 6. The van der Waals surface area contributed by atoms with E-state index in [9.17, 15) is 4.79 Å². The Hall–Kier alpha value is -2.03. The summed E-state index contributed by atoms with van der Waals surface area (Å²) in [5, 5.41) is 15.7. The Morgan fingerprint density at radius 1 is 1.39 bits per heavy atom. The van der Waals surface area contributed by atoms with Crippen LogP contribution in [-0.4, -0.2) is 35.8 Å². The maximum absolute atomic E-state index is 12.4. The molecule has 0 unspecified atom stereocenters. The summed E-state index contributed by atoms with van der Waals surface area (Å²) in [7, 11) is 1.85. The third kappa shape index (κ3) is 3.05. The number of aromatic nitrogens is 5. The summed E-state index contributed by atoms with van der Waals surface area (Å²) in [6.07, 6.45) is 2.21. The number of amides is 1. The van der Waals surface area contributed by atoms with Crippen LogP contribution in [-0.2, 0) is 11.8 Å². The number of anilines is 1. The van der Waals surface area contributed by atoms with Gasteiger partial charge in [-0.05, 0) is 33.6 Å². The highest BCUT2D eigenvalue weighted by Gasteiger charge is 2.30. The van der Waals surface area contributed by atoms with E-state index in [4.69, 9.17) is 5.84 Å². The van der Waals surface area contributed by atoms with Gasteiger partial charge in [-0.2, -0.15) is 5.10 Å². The average molecular weight is 335 g/mol. The molecule has 1 fully saturated rings. The number of nitrogens with one attached hydrogen (secondary N) is 1. The molecule has 124 valence electrons. The number of nitrogens with two attached hydrogens (primary N) is 1. The Labute approximate surface area is 138 Å². The molecule has 1 saturated carbocycles. The highest BCUT2D eigenvalue weighted by Crippen LogP contribution is 2.39. The molecule has 1 aliphatic rings. The van der Waals surface area contributed by atoms with E-state index in [2.05, 4.69) is 20.6 Å². The molecule has 3 N–H and O–H groups in total. The molecule has 0 saturated heterocycles. The molecule has 9 heteroatoms. The van der Waals surface area contributed by atoms with Gasteiger partial charge < -0.3 is 11.2 Å². The average Bonchev–Trinajstić information content (AvgIpc) is 3.24. The molecule has 0 bridgehead atoms. The van der Waals surface area contributed by atoms with E-state index in [0.29, 0.717) is 11.1 Å². The van der Waals surface area contributed by atoms with Crippen LogP contribution in [0.5, 0.6) is 0 Å². The summed E-state index contributed by atoms with van der Waals surface area (Å²) in [5.41, 5.74) is 2.48. The van der Waals surface area contributed by atoms with Crippen molar-refractivity contribution in [3.63, 3.8) is 0 Å². The van der Waals surface area contributed by atoms with Gasteiger partial charge in [-0.25, -0.2) is 4.68 Å². The van der Waals surface area contributed by atoms with Crippen molar-refractivity contribution in [2.24, 2.45) is 7.05 Å². The van der Waals surface area contributed by atoms with Crippen molar-refractivity contribution >= 4 is 23.4 Å². The predicted molar refractivity (Wildman–Crippen MR) is 88.8 cm³/mol. The number of thioether (sulfide) groups is 1. The van der Waals surface area contributed by atoms with E-state index in [1.165, 1.54) is 16.4 Å². The number of hydrogen-bond donors (Lipinski definition) is 2. The molecule has 2 aromatic rings. The molecule has 1 atom stereocenters. The predicted octanol–water partition coefficient (Wildman–Crippen LogP) is 1.34. The zero-order valence-corrected chi connectivity index (χ0v) is 14.5. The summed E-state index contributed by atoms with van der Waals surface area (Å²) < 4.78 is 3.26. The Bertz CT molecular complexity index is 747. The molecule has 2 heterocycles. The number of carbonyl (C=O) groups is 1. The lowest BCUT2D eigenvalue weighted by Gasteiger charge is -2.11. The van der Waals surface area contributed by atoms with E-state index in [0.717, 1.165) is 35.7 Å². The molecule has 23 heavy (non-hydrogen) atoms. The number of carbonyl (C=O) groups excluding carboxylic acids is 1. The first-order chi connectivity index (χ1) is 10.9. The van der Waals surface area contributed by atoms with Crippen LogP contribution in [0.4, 0.5) is 5.69 Å². The van der Waals surface area contributed by atoms with E-state index in [1.807, 2.05) is 27.8 Å². The standard InChI is InChI=1S/C14H21N7OS/c1-7-11(8(2)20(4)19-7)16-13(22)9(3)23-14-18-17-12(21(14)15)10-5-6-10/h9-10H,5-6,15H2,1-4H3,(H,16,22)/t9-/m1/s1. The minimum atomic E-state index is -0.340. The van der Waals surface area contributed by atoms with Crippen LogP contribution in [0.15, 0.2) is 5.16 Å². The second kappa shape index (κ2) is 5.88. The van der Waals surface area contributed by atoms with E-state index in [-0.39, 0.29) is 11.2 Å². The number of rotatable bonds is 5. The zero-order chi connectivity index (χ0) is 16.7. The molecule has 0 aromatic carbocycles. The number of nitrogen functional groups attached to an aromatic ring is 1. The fourth-order valence-corrected chi connectivity index (χ4v) is 3.16. The van der Waals surface area contributed by atoms with E-state index < -0.39 is 0 Å². The van der Waals surface area contributed by atoms with Crippen molar-refractivity contribution in [3.05, 3.63) is 17.2 Å². The molecular weight excluding hydrogens is 314 g/mol. The molecule has 3 rings (SSSR count). The summed E-state index contributed by atoms with van der Waals surface area (Å²) in [6.45, 7) is 5.62. The van der Waals surface area contributed by atoms with Gasteiger partial charge in [0.15, 0.2) is 5.82 Å². The van der Waals surface area contributed by atoms with E-state index >= 15 is 0 Å². The van der Waals surface area contributed by atoms with Crippen molar-refractivity contribution < 1.29 is 4.79 Å². The molecule has 0 aliphatic heterocycles. The maximum atomic E-state index is 12.4. The molecule has 0 spiro atoms. The monoisotopic (exact) mass is 335 g/mol. The van der Waals surface area contributed by atoms with Gasteiger partial charge in [0.2, 0.25) is 11.1 Å². The lowest BCUT2D eigenvalue weighted by Crippen LogP contribution is -2.24. The third-order valence-corrected chi connectivity index (χ3v) is 5.10.